The van der Waals surface area contributed by atoms with Crippen molar-refractivity contribution < 1.29 is 0 Å². The van der Waals surface area contributed by atoms with Crippen LogP contribution >= 0.6 is 27.3 Å². The second-order valence-corrected chi connectivity index (χ2v) is 5.88. The molecule has 0 saturated carbocycles. The largest absolute Gasteiger partial charge is 0.354 e. The summed E-state index contributed by atoms with van der Waals surface area (Å²) in [6, 6.07) is 2.05. The SMILES string of the molecule is BrC1CCN(c2ncnc3ccsc23)C1. The van der Waals surface area contributed by atoms with E-state index in [1.807, 2.05) is 6.07 Å². The van der Waals surface area contributed by atoms with E-state index in [1.54, 1.807) is 17.7 Å². The molecule has 0 amide bonds. The Morgan fingerprint density at radius 2 is 2.40 bits per heavy atom. The van der Waals surface area contributed by atoms with E-state index < -0.39 is 0 Å². The van der Waals surface area contributed by atoms with Gasteiger partial charge in [-0.05, 0) is 17.9 Å². The zero-order chi connectivity index (χ0) is 10.3. The molecule has 1 fully saturated rings. The van der Waals surface area contributed by atoms with Crippen molar-refractivity contribution in [2.24, 2.45) is 0 Å². The summed E-state index contributed by atoms with van der Waals surface area (Å²) < 4.78 is 1.21. The lowest BCUT2D eigenvalue weighted by molar-refractivity contribution is 0.942. The molecule has 1 atom stereocenters. The third-order valence-electron chi connectivity index (χ3n) is 2.65. The summed E-state index contributed by atoms with van der Waals surface area (Å²) in [4.78, 5) is 11.6. The third-order valence-corrected chi connectivity index (χ3v) is 4.30. The fourth-order valence-electron chi connectivity index (χ4n) is 1.91. The van der Waals surface area contributed by atoms with Gasteiger partial charge in [0.25, 0.3) is 0 Å². The molecule has 2 aromatic heterocycles. The van der Waals surface area contributed by atoms with Crippen molar-refractivity contribution in [2.45, 2.75) is 11.2 Å². The molecule has 1 aliphatic rings. The molecule has 0 aliphatic carbocycles. The lowest BCUT2D eigenvalue weighted by atomic mass is 10.4. The first-order valence-corrected chi connectivity index (χ1v) is 6.71. The molecule has 0 aromatic carbocycles. The summed E-state index contributed by atoms with van der Waals surface area (Å²) in [5, 5.41) is 2.07. The molecule has 78 valence electrons. The zero-order valence-electron chi connectivity index (χ0n) is 8.06. The van der Waals surface area contributed by atoms with Crippen LogP contribution in [-0.2, 0) is 0 Å². The van der Waals surface area contributed by atoms with Crippen molar-refractivity contribution in [3.05, 3.63) is 17.8 Å². The molecule has 1 saturated heterocycles. The van der Waals surface area contributed by atoms with Gasteiger partial charge in [-0.25, -0.2) is 9.97 Å². The van der Waals surface area contributed by atoms with E-state index in [0.29, 0.717) is 4.83 Å². The van der Waals surface area contributed by atoms with Crippen LogP contribution in [0, 0.1) is 0 Å². The Kier molecular flexibility index (Phi) is 2.36. The monoisotopic (exact) mass is 283 g/mol. The average molecular weight is 284 g/mol. The normalized spacial score (nSPS) is 21.4. The molecule has 3 heterocycles. The molecule has 3 rings (SSSR count). The molecule has 15 heavy (non-hydrogen) atoms. The van der Waals surface area contributed by atoms with E-state index in [9.17, 15) is 0 Å². The molecule has 0 bridgehead atoms. The first kappa shape index (κ1) is 9.54. The second-order valence-electron chi connectivity index (χ2n) is 3.66. The summed E-state index contributed by atoms with van der Waals surface area (Å²) in [5.74, 6) is 1.09. The van der Waals surface area contributed by atoms with E-state index in [0.717, 1.165) is 24.4 Å². The van der Waals surface area contributed by atoms with Crippen LogP contribution < -0.4 is 4.90 Å². The summed E-state index contributed by atoms with van der Waals surface area (Å²) in [7, 11) is 0. The second kappa shape index (κ2) is 3.72. The van der Waals surface area contributed by atoms with Gasteiger partial charge in [-0.3, -0.25) is 0 Å². The average Bonchev–Trinajstić information content (AvgIpc) is 2.84. The van der Waals surface area contributed by atoms with Gasteiger partial charge in [0.15, 0.2) is 0 Å². The third kappa shape index (κ3) is 1.63. The van der Waals surface area contributed by atoms with Crippen molar-refractivity contribution in [1.82, 2.24) is 9.97 Å². The van der Waals surface area contributed by atoms with Crippen LogP contribution in [0.1, 0.15) is 6.42 Å². The Hall–Kier alpha value is -0.680. The maximum absolute atomic E-state index is 4.40. The van der Waals surface area contributed by atoms with E-state index in [2.05, 4.69) is 36.2 Å². The van der Waals surface area contributed by atoms with Crippen LogP contribution in [0.3, 0.4) is 0 Å². The number of fused-ring (bicyclic) bond motifs is 1. The van der Waals surface area contributed by atoms with E-state index in [-0.39, 0.29) is 0 Å². The summed E-state index contributed by atoms with van der Waals surface area (Å²) in [6.07, 6.45) is 2.85. The van der Waals surface area contributed by atoms with Crippen molar-refractivity contribution in [1.29, 1.82) is 0 Å². The smallest absolute Gasteiger partial charge is 0.150 e. The van der Waals surface area contributed by atoms with Crippen molar-refractivity contribution in [2.75, 3.05) is 18.0 Å². The van der Waals surface area contributed by atoms with Gasteiger partial charge in [0.1, 0.15) is 12.1 Å². The number of nitrogens with zero attached hydrogens (tertiary/aromatic N) is 3. The molecule has 5 heteroatoms. The van der Waals surface area contributed by atoms with Gasteiger partial charge in [0, 0.05) is 17.9 Å². The number of thiophene rings is 1. The molecule has 0 spiro atoms. The predicted molar refractivity (Wildman–Crippen MR) is 67.0 cm³/mol. The van der Waals surface area contributed by atoms with E-state index >= 15 is 0 Å². The van der Waals surface area contributed by atoms with Gasteiger partial charge in [0.2, 0.25) is 0 Å². The molecular formula is C10H10BrN3S. The quantitative estimate of drug-likeness (QED) is 0.754. The highest BCUT2D eigenvalue weighted by molar-refractivity contribution is 9.09. The summed E-state index contributed by atoms with van der Waals surface area (Å²) in [6.45, 7) is 2.13. The Morgan fingerprint density at radius 1 is 1.47 bits per heavy atom. The number of rotatable bonds is 1. The van der Waals surface area contributed by atoms with Gasteiger partial charge in [-0.15, -0.1) is 11.3 Å². The highest BCUT2D eigenvalue weighted by Crippen LogP contribution is 2.31. The Bertz CT molecular complexity index is 484. The standard InChI is InChI=1S/C10H10BrN3S/c11-7-1-3-14(5-7)10-9-8(2-4-15-9)12-6-13-10/h2,4,6-7H,1,3,5H2. The maximum atomic E-state index is 4.40. The first-order chi connectivity index (χ1) is 7.34. The van der Waals surface area contributed by atoms with Gasteiger partial charge in [-0.1, -0.05) is 15.9 Å². The summed E-state index contributed by atoms with van der Waals surface area (Å²) in [5.41, 5.74) is 1.06. The number of alkyl halides is 1. The molecule has 1 unspecified atom stereocenters. The van der Waals surface area contributed by atoms with Crippen LogP contribution in [0.4, 0.5) is 5.82 Å². The Balaban J connectivity index is 2.06. The van der Waals surface area contributed by atoms with E-state index in [1.165, 1.54) is 11.1 Å². The molecule has 0 N–H and O–H groups in total. The van der Waals surface area contributed by atoms with Crippen LogP contribution in [0.5, 0.6) is 0 Å². The number of aromatic nitrogens is 2. The Morgan fingerprint density at radius 3 is 3.20 bits per heavy atom. The Labute approximate surface area is 100 Å². The van der Waals surface area contributed by atoms with Crippen molar-refractivity contribution in [3.63, 3.8) is 0 Å². The number of halogens is 1. The zero-order valence-corrected chi connectivity index (χ0v) is 10.5. The minimum atomic E-state index is 0.600. The minimum absolute atomic E-state index is 0.600. The maximum Gasteiger partial charge on any atom is 0.150 e. The summed E-state index contributed by atoms with van der Waals surface area (Å²) >= 11 is 5.37. The number of hydrogen-bond acceptors (Lipinski definition) is 4. The molecular weight excluding hydrogens is 274 g/mol. The lowest BCUT2D eigenvalue weighted by Crippen LogP contribution is -2.20. The molecule has 0 radical (unpaired) electrons. The van der Waals surface area contributed by atoms with Gasteiger partial charge < -0.3 is 4.90 Å². The van der Waals surface area contributed by atoms with Gasteiger partial charge in [0.05, 0.1) is 10.2 Å². The topological polar surface area (TPSA) is 29.0 Å². The van der Waals surface area contributed by atoms with Crippen LogP contribution in [0.25, 0.3) is 10.2 Å². The predicted octanol–water partition coefficient (Wildman–Crippen LogP) is 2.66. The van der Waals surface area contributed by atoms with Crippen molar-refractivity contribution in [3.8, 4) is 0 Å². The molecule has 1 aliphatic heterocycles. The number of hydrogen-bond donors (Lipinski definition) is 0. The van der Waals surface area contributed by atoms with E-state index in [4.69, 9.17) is 0 Å². The fraction of sp³-hybridized carbons (Fsp3) is 0.400. The fourth-order valence-corrected chi connectivity index (χ4v) is 3.33. The first-order valence-electron chi connectivity index (χ1n) is 4.92. The van der Waals surface area contributed by atoms with Crippen LogP contribution in [0.2, 0.25) is 0 Å². The molecule has 3 nitrogen and oxygen atoms in total. The highest BCUT2D eigenvalue weighted by Gasteiger charge is 2.22. The van der Waals surface area contributed by atoms with Gasteiger partial charge in [-0.2, -0.15) is 0 Å². The van der Waals surface area contributed by atoms with Gasteiger partial charge >= 0.3 is 0 Å². The lowest BCUT2D eigenvalue weighted by Gasteiger charge is -2.16. The number of anilines is 1. The van der Waals surface area contributed by atoms with Crippen LogP contribution in [0.15, 0.2) is 17.8 Å². The van der Waals surface area contributed by atoms with Crippen LogP contribution in [-0.4, -0.2) is 27.9 Å². The molecule has 2 aromatic rings. The van der Waals surface area contributed by atoms with Crippen molar-refractivity contribution >= 4 is 43.3 Å². The highest BCUT2D eigenvalue weighted by atomic mass is 79.9. The minimum Gasteiger partial charge on any atom is -0.354 e.